The Labute approximate surface area is 155 Å². The zero-order valence-electron chi connectivity index (χ0n) is 12.3. The maximum atomic E-state index is 10.8. The lowest BCUT2D eigenvalue weighted by molar-refractivity contribution is -0.131. The van der Waals surface area contributed by atoms with E-state index in [2.05, 4.69) is 31.9 Å². The van der Waals surface area contributed by atoms with E-state index in [4.69, 9.17) is 9.84 Å². The van der Waals surface area contributed by atoms with Crippen LogP contribution in [-0.2, 0) is 4.79 Å². The van der Waals surface area contributed by atoms with Crippen LogP contribution in [0.2, 0.25) is 0 Å². The number of carboxylic acid groups (broad SMARTS) is 1. The maximum absolute atomic E-state index is 10.8. The zero-order valence-corrected chi connectivity index (χ0v) is 15.4. The zero-order chi connectivity index (χ0) is 17.7. The molecule has 0 spiro atoms. The summed E-state index contributed by atoms with van der Waals surface area (Å²) in [5.74, 6) is -0.843. The van der Waals surface area contributed by atoms with E-state index in [0.29, 0.717) is 14.7 Å². The standard InChI is InChI=1S/C17H14Br2O5/c18-10-8-12(16(22)13(19)9-10)17(23)14(6-7-15(20)21)24-11-4-2-1-3-5-11/h1-9,14,17,22-23H,(H,20,21)/b7-6+/t14-,17-/m0/s1. The summed E-state index contributed by atoms with van der Waals surface area (Å²) < 4.78 is 6.71. The van der Waals surface area contributed by atoms with Crippen molar-refractivity contribution in [3.63, 3.8) is 0 Å². The number of phenolic OH excluding ortho intramolecular Hbond substituents is 1. The van der Waals surface area contributed by atoms with E-state index in [-0.39, 0.29) is 11.3 Å². The summed E-state index contributed by atoms with van der Waals surface area (Å²) in [5, 5.41) is 29.6. The molecule has 0 aliphatic carbocycles. The van der Waals surface area contributed by atoms with Gasteiger partial charge in [0.2, 0.25) is 0 Å². The Morgan fingerprint density at radius 3 is 2.46 bits per heavy atom. The Morgan fingerprint density at radius 1 is 1.17 bits per heavy atom. The molecular formula is C17H14Br2O5. The summed E-state index contributed by atoms with van der Waals surface area (Å²) in [6.07, 6.45) is -0.167. The van der Waals surface area contributed by atoms with Gasteiger partial charge in [0.25, 0.3) is 0 Å². The van der Waals surface area contributed by atoms with Crippen LogP contribution < -0.4 is 4.74 Å². The largest absolute Gasteiger partial charge is 0.506 e. The monoisotopic (exact) mass is 456 g/mol. The van der Waals surface area contributed by atoms with E-state index in [1.165, 1.54) is 6.08 Å². The fourth-order valence-electron chi connectivity index (χ4n) is 2.03. The number of rotatable bonds is 6. The van der Waals surface area contributed by atoms with Crippen molar-refractivity contribution in [2.75, 3.05) is 0 Å². The number of halogens is 2. The Hall–Kier alpha value is -1.83. The molecule has 0 aromatic heterocycles. The van der Waals surface area contributed by atoms with Gasteiger partial charge >= 0.3 is 5.97 Å². The van der Waals surface area contributed by atoms with Crippen LogP contribution in [-0.4, -0.2) is 27.4 Å². The summed E-state index contributed by atoms with van der Waals surface area (Å²) in [6.45, 7) is 0. The number of aliphatic hydroxyl groups excluding tert-OH is 1. The lowest BCUT2D eigenvalue weighted by Gasteiger charge is -2.23. The first kappa shape index (κ1) is 18.5. The topological polar surface area (TPSA) is 87.0 Å². The molecule has 126 valence electrons. The molecule has 0 radical (unpaired) electrons. The Morgan fingerprint density at radius 2 is 1.83 bits per heavy atom. The molecular weight excluding hydrogens is 444 g/mol. The normalized spacial score (nSPS) is 13.6. The van der Waals surface area contributed by atoms with Gasteiger partial charge in [0.1, 0.15) is 23.7 Å². The van der Waals surface area contributed by atoms with Gasteiger partial charge in [-0.3, -0.25) is 0 Å². The van der Waals surface area contributed by atoms with Crippen molar-refractivity contribution in [3.05, 3.63) is 69.1 Å². The molecule has 7 heteroatoms. The minimum Gasteiger partial charge on any atom is -0.506 e. The van der Waals surface area contributed by atoms with Gasteiger partial charge in [0.15, 0.2) is 0 Å². The molecule has 2 atom stereocenters. The second kappa shape index (κ2) is 8.32. The van der Waals surface area contributed by atoms with Crippen molar-refractivity contribution in [3.8, 4) is 11.5 Å². The van der Waals surface area contributed by atoms with Crippen LogP contribution in [0, 0.1) is 0 Å². The number of para-hydroxylation sites is 1. The lowest BCUT2D eigenvalue weighted by Crippen LogP contribution is -2.23. The molecule has 0 saturated carbocycles. The smallest absolute Gasteiger partial charge is 0.328 e. The average Bonchev–Trinajstić information content (AvgIpc) is 2.55. The molecule has 0 saturated heterocycles. The number of benzene rings is 2. The number of aliphatic hydroxyl groups is 1. The molecule has 0 aliphatic rings. The predicted molar refractivity (Wildman–Crippen MR) is 96.1 cm³/mol. The highest BCUT2D eigenvalue weighted by molar-refractivity contribution is 9.11. The minimum absolute atomic E-state index is 0.143. The highest BCUT2D eigenvalue weighted by Crippen LogP contribution is 2.37. The lowest BCUT2D eigenvalue weighted by atomic mass is 10.0. The summed E-state index contributed by atoms with van der Waals surface area (Å²) in [4.78, 5) is 10.8. The van der Waals surface area contributed by atoms with Crippen molar-refractivity contribution in [2.45, 2.75) is 12.2 Å². The van der Waals surface area contributed by atoms with Gasteiger partial charge in [-0.05, 0) is 46.3 Å². The van der Waals surface area contributed by atoms with Crippen LogP contribution in [0.25, 0.3) is 0 Å². The summed E-state index contributed by atoms with van der Waals surface area (Å²) >= 11 is 6.49. The molecule has 3 N–H and O–H groups in total. The quantitative estimate of drug-likeness (QED) is 0.570. The molecule has 2 aromatic carbocycles. The van der Waals surface area contributed by atoms with E-state index in [1.54, 1.807) is 36.4 Å². The fraction of sp³-hybridized carbons (Fsp3) is 0.118. The molecule has 0 heterocycles. The molecule has 5 nitrogen and oxygen atoms in total. The first-order valence-electron chi connectivity index (χ1n) is 6.87. The van der Waals surface area contributed by atoms with Gasteiger partial charge in [0, 0.05) is 16.1 Å². The van der Waals surface area contributed by atoms with E-state index < -0.39 is 18.2 Å². The molecule has 0 fully saturated rings. The molecule has 0 amide bonds. The first-order valence-corrected chi connectivity index (χ1v) is 8.46. The summed E-state index contributed by atoms with van der Waals surface area (Å²) in [6, 6.07) is 11.9. The molecule has 2 aromatic rings. The van der Waals surface area contributed by atoms with Crippen LogP contribution >= 0.6 is 31.9 Å². The number of ether oxygens (including phenoxy) is 1. The van der Waals surface area contributed by atoms with Gasteiger partial charge in [-0.1, -0.05) is 34.1 Å². The van der Waals surface area contributed by atoms with Crippen molar-refractivity contribution < 1.29 is 24.9 Å². The number of carbonyl (C=O) groups is 1. The molecule has 2 rings (SSSR count). The van der Waals surface area contributed by atoms with Gasteiger partial charge in [0.05, 0.1) is 4.47 Å². The van der Waals surface area contributed by atoms with Crippen LogP contribution in [0.3, 0.4) is 0 Å². The average molecular weight is 458 g/mol. The second-order valence-electron chi connectivity index (χ2n) is 4.86. The van der Waals surface area contributed by atoms with Crippen LogP contribution in [0.15, 0.2) is 63.6 Å². The van der Waals surface area contributed by atoms with Crippen molar-refractivity contribution in [2.24, 2.45) is 0 Å². The van der Waals surface area contributed by atoms with Crippen molar-refractivity contribution in [1.29, 1.82) is 0 Å². The van der Waals surface area contributed by atoms with E-state index in [9.17, 15) is 15.0 Å². The van der Waals surface area contributed by atoms with Crippen LogP contribution in [0.5, 0.6) is 11.5 Å². The Bertz CT molecular complexity index is 746. The van der Waals surface area contributed by atoms with E-state index >= 15 is 0 Å². The van der Waals surface area contributed by atoms with Gasteiger partial charge < -0.3 is 20.1 Å². The number of aliphatic carboxylic acids is 1. The van der Waals surface area contributed by atoms with E-state index in [0.717, 1.165) is 6.08 Å². The fourth-order valence-corrected chi connectivity index (χ4v) is 3.29. The van der Waals surface area contributed by atoms with Gasteiger partial charge in [-0.15, -0.1) is 0 Å². The highest BCUT2D eigenvalue weighted by atomic mass is 79.9. The number of phenols is 1. The minimum atomic E-state index is -1.28. The number of aromatic hydroxyl groups is 1. The third kappa shape index (κ3) is 4.83. The number of carboxylic acids is 1. The maximum Gasteiger partial charge on any atom is 0.328 e. The Balaban J connectivity index is 2.37. The second-order valence-corrected chi connectivity index (χ2v) is 6.63. The van der Waals surface area contributed by atoms with Gasteiger partial charge in [-0.25, -0.2) is 4.79 Å². The summed E-state index contributed by atoms with van der Waals surface area (Å²) in [5.41, 5.74) is 0.201. The Kier molecular flexibility index (Phi) is 6.42. The van der Waals surface area contributed by atoms with Crippen LogP contribution in [0.1, 0.15) is 11.7 Å². The SMILES string of the molecule is O=C(O)/C=C/[C@H](Oc1ccccc1)[C@@H](O)c1cc(Br)cc(Br)c1O. The van der Waals surface area contributed by atoms with E-state index in [1.807, 2.05) is 6.07 Å². The third-order valence-electron chi connectivity index (χ3n) is 3.13. The molecule has 0 bridgehead atoms. The third-order valence-corrected chi connectivity index (χ3v) is 4.19. The molecule has 0 aliphatic heterocycles. The van der Waals surface area contributed by atoms with Crippen LogP contribution in [0.4, 0.5) is 0 Å². The van der Waals surface area contributed by atoms with Crippen molar-refractivity contribution in [1.82, 2.24) is 0 Å². The molecule has 24 heavy (non-hydrogen) atoms. The predicted octanol–water partition coefficient (Wildman–Crippen LogP) is 4.04. The van der Waals surface area contributed by atoms with Crippen molar-refractivity contribution >= 4 is 37.8 Å². The highest BCUT2D eigenvalue weighted by Gasteiger charge is 2.25. The van der Waals surface area contributed by atoms with Gasteiger partial charge in [-0.2, -0.15) is 0 Å². The summed E-state index contributed by atoms with van der Waals surface area (Å²) in [7, 11) is 0. The molecule has 0 unspecified atom stereocenters. The number of hydrogen-bond acceptors (Lipinski definition) is 4. The first-order chi connectivity index (χ1) is 11.4. The number of hydrogen-bond donors (Lipinski definition) is 3.